The molecular formula is C54H84O6. The van der Waals surface area contributed by atoms with Crippen LogP contribution in [0.1, 0.15) is 181 Å². The zero-order valence-electron chi connectivity index (χ0n) is 38.2. The summed E-state index contributed by atoms with van der Waals surface area (Å²) >= 11 is 0. The Morgan fingerprint density at radius 3 is 1.23 bits per heavy atom. The van der Waals surface area contributed by atoms with Crippen molar-refractivity contribution in [2.75, 3.05) is 13.2 Å². The molecule has 0 heterocycles. The molecule has 0 aromatic heterocycles. The van der Waals surface area contributed by atoms with Crippen molar-refractivity contribution in [3.8, 4) is 0 Å². The molecule has 0 saturated carbocycles. The number of ether oxygens (including phenoxy) is 3. The molecule has 1 atom stereocenters. The predicted molar refractivity (Wildman–Crippen MR) is 256 cm³/mol. The molecule has 0 spiro atoms. The minimum Gasteiger partial charge on any atom is -0.462 e. The highest BCUT2D eigenvalue weighted by atomic mass is 16.6. The van der Waals surface area contributed by atoms with E-state index in [1.54, 1.807) is 6.08 Å². The minimum atomic E-state index is -0.853. The summed E-state index contributed by atoms with van der Waals surface area (Å²) in [5.41, 5.74) is 0. The second-order valence-electron chi connectivity index (χ2n) is 14.9. The summed E-state index contributed by atoms with van der Waals surface area (Å²) in [5, 5.41) is 0. The Kier molecular flexibility index (Phi) is 44.2. The van der Waals surface area contributed by atoms with Gasteiger partial charge in [0.2, 0.25) is 0 Å². The maximum Gasteiger partial charge on any atom is 0.309 e. The zero-order chi connectivity index (χ0) is 43.7. The molecule has 6 nitrogen and oxygen atoms in total. The Labute approximate surface area is 367 Å². The Morgan fingerprint density at radius 1 is 0.367 bits per heavy atom. The Bertz CT molecular complexity index is 1320. The van der Waals surface area contributed by atoms with E-state index in [1.165, 1.54) is 44.9 Å². The van der Waals surface area contributed by atoms with Gasteiger partial charge in [0.25, 0.3) is 0 Å². The molecule has 0 saturated heterocycles. The van der Waals surface area contributed by atoms with Crippen LogP contribution in [0.15, 0.2) is 122 Å². The maximum absolute atomic E-state index is 12.7. The molecule has 336 valence electrons. The molecule has 0 radical (unpaired) electrons. The first-order valence-electron chi connectivity index (χ1n) is 23.5. The Morgan fingerprint density at radius 2 is 0.750 bits per heavy atom. The molecule has 6 heteroatoms. The van der Waals surface area contributed by atoms with Crippen molar-refractivity contribution >= 4 is 17.9 Å². The van der Waals surface area contributed by atoms with Crippen LogP contribution in [-0.4, -0.2) is 37.2 Å². The van der Waals surface area contributed by atoms with Crippen molar-refractivity contribution in [1.29, 1.82) is 0 Å². The molecule has 0 amide bonds. The van der Waals surface area contributed by atoms with Gasteiger partial charge in [0.15, 0.2) is 6.10 Å². The molecule has 0 aliphatic heterocycles. The second kappa shape index (κ2) is 47.5. The summed E-state index contributed by atoms with van der Waals surface area (Å²) in [6, 6.07) is 0. The topological polar surface area (TPSA) is 78.9 Å². The van der Waals surface area contributed by atoms with Crippen molar-refractivity contribution in [2.45, 2.75) is 187 Å². The van der Waals surface area contributed by atoms with E-state index in [0.717, 1.165) is 89.9 Å². The highest BCUT2D eigenvalue weighted by Gasteiger charge is 2.19. The fraction of sp³-hybridized carbons (Fsp3) is 0.574. The van der Waals surface area contributed by atoms with Crippen molar-refractivity contribution in [2.24, 2.45) is 0 Å². The summed E-state index contributed by atoms with van der Waals surface area (Å²) in [5.74, 6) is -1.19. The Hall–Kier alpha value is -4.19. The number of rotatable bonds is 40. The number of hydrogen-bond acceptors (Lipinski definition) is 6. The van der Waals surface area contributed by atoms with Gasteiger partial charge in [-0.15, -0.1) is 0 Å². The van der Waals surface area contributed by atoms with Gasteiger partial charge in [-0.2, -0.15) is 0 Å². The summed E-state index contributed by atoms with van der Waals surface area (Å²) < 4.78 is 16.5. The molecule has 1 unspecified atom stereocenters. The van der Waals surface area contributed by atoms with E-state index in [2.05, 4.69) is 118 Å². The lowest BCUT2D eigenvalue weighted by atomic mass is 10.1. The molecule has 0 rings (SSSR count). The molecule has 0 aliphatic carbocycles. The van der Waals surface area contributed by atoms with Crippen LogP contribution in [0.3, 0.4) is 0 Å². The van der Waals surface area contributed by atoms with E-state index < -0.39 is 12.1 Å². The monoisotopic (exact) mass is 829 g/mol. The standard InChI is InChI=1S/C54H84O6/c1-4-7-10-13-16-19-21-23-25-26-27-28-29-31-32-35-38-41-44-47-53(56)59-50-51(49-58-52(55)46-43-40-37-34-18-15-12-9-6-3)60-54(57)48-45-42-39-36-33-30-24-22-20-17-14-11-8-5-2/h7,9-10,12,16,18-19,23,25,27-28,30-34,38,40-41,43,51H,4-6,8,11,13-15,17,20-22,24,26,29,35-37,39,42,44-50H2,1-3H3/b10-7-,12-9-,19-16-,25-23-,28-27-,32-31-,33-30-,34-18-,41-38-,43-40-. The molecular weight excluding hydrogens is 745 g/mol. The third-order valence-corrected chi connectivity index (χ3v) is 9.23. The molecule has 60 heavy (non-hydrogen) atoms. The van der Waals surface area contributed by atoms with Crippen LogP contribution < -0.4 is 0 Å². The molecule has 0 aromatic carbocycles. The van der Waals surface area contributed by atoms with Crippen LogP contribution in [0.5, 0.6) is 0 Å². The lowest BCUT2D eigenvalue weighted by Gasteiger charge is -2.18. The van der Waals surface area contributed by atoms with Gasteiger partial charge in [0, 0.05) is 12.8 Å². The quantitative estimate of drug-likeness (QED) is 0.0265. The predicted octanol–water partition coefficient (Wildman–Crippen LogP) is 15.4. The van der Waals surface area contributed by atoms with Crippen LogP contribution in [0, 0.1) is 0 Å². The lowest BCUT2D eigenvalue weighted by Crippen LogP contribution is -2.30. The molecule has 0 fully saturated rings. The first-order chi connectivity index (χ1) is 29.5. The summed E-state index contributed by atoms with van der Waals surface area (Å²) in [6.07, 6.45) is 65.2. The van der Waals surface area contributed by atoms with Gasteiger partial charge in [0.1, 0.15) is 13.2 Å². The van der Waals surface area contributed by atoms with E-state index in [4.69, 9.17) is 14.2 Å². The maximum atomic E-state index is 12.7. The number of carbonyl (C=O) groups is 3. The largest absolute Gasteiger partial charge is 0.462 e. The Balaban J connectivity index is 4.56. The average Bonchev–Trinajstić information content (AvgIpc) is 3.24. The third kappa shape index (κ3) is 44.9. The normalized spacial score (nSPS) is 13.2. The van der Waals surface area contributed by atoms with E-state index in [9.17, 15) is 14.4 Å². The van der Waals surface area contributed by atoms with Crippen molar-refractivity contribution in [3.63, 3.8) is 0 Å². The summed E-state index contributed by atoms with van der Waals surface area (Å²) in [4.78, 5) is 37.6. The number of allylic oxidation sites excluding steroid dienone is 19. The van der Waals surface area contributed by atoms with Gasteiger partial charge in [-0.25, -0.2) is 0 Å². The smallest absolute Gasteiger partial charge is 0.309 e. The van der Waals surface area contributed by atoms with Crippen molar-refractivity contribution in [1.82, 2.24) is 0 Å². The first-order valence-corrected chi connectivity index (χ1v) is 23.5. The second-order valence-corrected chi connectivity index (χ2v) is 14.9. The highest BCUT2D eigenvalue weighted by molar-refractivity contribution is 5.72. The van der Waals surface area contributed by atoms with E-state index in [1.807, 2.05) is 18.2 Å². The van der Waals surface area contributed by atoms with Crippen LogP contribution in [0.4, 0.5) is 0 Å². The third-order valence-electron chi connectivity index (χ3n) is 9.23. The summed E-state index contributed by atoms with van der Waals surface area (Å²) in [7, 11) is 0. The number of carbonyl (C=O) groups excluding carboxylic acids is 3. The van der Waals surface area contributed by atoms with Crippen molar-refractivity contribution in [3.05, 3.63) is 122 Å². The van der Waals surface area contributed by atoms with Crippen LogP contribution in [-0.2, 0) is 28.6 Å². The minimum absolute atomic E-state index is 0.115. The zero-order valence-corrected chi connectivity index (χ0v) is 38.2. The SMILES string of the molecule is CC/C=C\C/C=C\C/C=C\C/C=C\C/C=C\C/C=C\CCC(=O)OCC(COC(=O)C/C=C\C/C=C\C/C=C\CC)OC(=O)CCCCC/C=C\CCCCCCCCC. The van der Waals surface area contributed by atoms with Gasteiger partial charge in [-0.3, -0.25) is 14.4 Å². The van der Waals surface area contributed by atoms with E-state index >= 15 is 0 Å². The lowest BCUT2D eigenvalue weighted by molar-refractivity contribution is -0.166. The molecule has 0 bridgehead atoms. The number of esters is 3. The first kappa shape index (κ1) is 55.8. The molecule has 0 aromatic rings. The van der Waals surface area contributed by atoms with E-state index in [-0.39, 0.29) is 44.4 Å². The van der Waals surface area contributed by atoms with Gasteiger partial charge in [-0.1, -0.05) is 187 Å². The highest BCUT2D eigenvalue weighted by Crippen LogP contribution is 2.11. The van der Waals surface area contributed by atoms with Gasteiger partial charge in [0.05, 0.1) is 6.42 Å². The van der Waals surface area contributed by atoms with Crippen LogP contribution >= 0.6 is 0 Å². The average molecular weight is 829 g/mol. The van der Waals surface area contributed by atoms with E-state index in [0.29, 0.717) is 6.42 Å². The number of hydrogen-bond donors (Lipinski definition) is 0. The van der Waals surface area contributed by atoms with Crippen molar-refractivity contribution < 1.29 is 28.6 Å². The fourth-order valence-corrected chi connectivity index (χ4v) is 5.76. The molecule has 0 N–H and O–H groups in total. The number of unbranched alkanes of at least 4 members (excludes halogenated alkanes) is 10. The molecule has 0 aliphatic rings. The van der Waals surface area contributed by atoms with Crippen LogP contribution in [0.25, 0.3) is 0 Å². The van der Waals surface area contributed by atoms with Crippen LogP contribution in [0.2, 0.25) is 0 Å². The van der Waals surface area contributed by atoms with Gasteiger partial charge < -0.3 is 14.2 Å². The van der Waals surface area contributed by atoms with Gasteiger partial charge in [-0.05, 0) is 96.3 Å². The summed E-state index contributed by atoms with van der Waals surface area (Å²) in [6.45, 7) is 6.19. The fourth-order valence-electron chi connectivity index (χ4n) is 5.76. The van der Waals surface area contributed by atoms with Gasteiger partial charge >= 0.3 is 17.9 Å².